The molecule has 4 heteroatoms. The molecule has 1 atom stereocenters. The number of amides is 2. The molecule has 0 aliphatic heterocycles. The minimum Gasteiger partial charge on any atom is -0.396 e. The summed E-state index contributed by atoms with van der Waals surface area (Å²) in [6.07, 6.45) is 3.83. The number of carbonyl (C=O) groups is 1. The summed E-state index contributed by atoms with van der Waals surface area (Å²) in [5.74, 6) is 0. The van der Waals surface area contributed by atoms with Crippen LogP contribution < -0.4 is 5.32 Å². The van der Waals surface area contributed by atoms with E-state index >= 15 is 0 Å². The zero-order valence-electron chi connectivity index (χ0n) is 13.9. The fourth-order valence-electron chi connectivity index (χ4n) is 3.04. The highest BCUT2D eigenvalue weighted by atomic mass is 16.3. The van der Waals surface area contributed by atoms with E-state index in [0.29, 0.717) is 6.54 Å². The fourth-order valence-corrected chi connectivity index (χ4v) is 3.04. The molecule has 0 saturated carbocycles. The first-order valence-corrected chi connectivity index (χ1v) is 8.14. The van der Waals surface area contributed by atoms with E-state index in [1.807, 2.05) is 31.9 Å². The zero-order valence-corrected chi connectivity index (χ0v) is 13.9. The molecule has 2 rings (SSSR count). The van der Waals surface area contributed by atoms with Crippen LogP contribution in [0.2, 0.25) is 0 Å². The number of nitrogens with one attached hydrogen (secondary N) is 1. The number of aliphatic hydroxyl groups excluding tert-OH is 1. The highest BCUT2D eigenvalue weighted by Crippen LogP contribution is 2.34. The molecule has 0 spiro atoms. The molecule has 0 aromatic heterocycles. The van der Waals surface area contributed by atoms with Crippen LogP contribution in [-0.4, -0.2) is 36.2 Å². The lowest BCUT2D eigenvalue weighted by atomic mass is 9.89. The molecule has 1 aromatic rings. The topological polar surface area (TPSA) is 52.6 Å². The zero-order chi connectivity index (χ0) is 16.2. The normalized spacial score (nSPS) is 17.2. The summed E-state index contributed by atoms with van der Waals surface area (Å²) in [6.45, 7) is 4.91. The summed E-state index contributed by atoms with van der Waals surface area (Å²) in [5, 5.41) is 12.2. The third kappa shape index (κ3) is 4.01. The SMILES string of the molecule is CN(C(=O)NCCCC(C)(C)CO)C1CCc2ccccc21. The van der Waals surface area contributed by atoms with Gasteiger partial charge in [-0.1, -0.05) is 38.1 Å². The van der Waals surface area contributed by atoms with Gasteiger partial charge in [-0.2, -0.15) is 0 Å². The van der Waals surface area contributed by atoms with Crippen LogP contribution in [0.4, 0.5) is 4.79 Å². The van der Waals surface area contributed by atoms with E-state index in [4.69, 9.17) is 0 Å². The average Bonchev–Trinajstić information content (AvgIpc) is 2.94. The number of rotatable bonds is 6. The van der Waals surface area contributed by atoms with Gasteiger partial charge in [-0.15, -0.1) is 0 Å². The third-order valence-electron chi connectivity index (χ3n) is 4.62. The van der Waals surface area contributed by atoms with Crippen LogP contribution in [0.15, 0.2) is 24.3 Å². The van der Waals surface area contributed by atoms with Crippen molar-refractivity contribution in [2.45, 2.75) is 45.6 Å². The van der Waals surface area contributed by atoms with Crippen molar-refractivity contribution in [3.8, 4) is 0 Å². The molecule has 1 aliphatic rings. The molecule has 1 unspecified atom stereocenters. The van der Waals surface area contributed by atoms with E-state index in [0.717, 1.165) is 25.7 Å². The van der Waals surface area contributed by atoms with Gasteiger partial charge in [0.25, 0.3) is 0 Å². The summed E-state index contributed by atoms with van der Waals surface area (Å²) in [6, 6.07) is 8.55. The molecule has 122 valence electrons. The first-order valence-electron chi connectivity index (χ1n) is 8.14. The van der Waals surface area contributed by atoms with Crippen molar-refractivity contribution in [2.24, 2.45) is 5.41 Å². The van der Waals surface area contributed by atoms with Crippen LogP contribution in [0.1, 0.15) is 50.3 Å². The molecular formula is C18H28N2O2. The summed E-state index contributed by atoms with van der Waals surface area (Å²) in [5.41, 5.74) is 2.57. The van der Waals surface area contributed by atoms with Crippen LogP contribution in [0, 0.1) is 5.41 Å². The maximum absolute atomic E-state index is 12.3. The molecule has 0 fully saturated rings. The lowest BCUT2D eigenvalue weighted by molar-refractivity contribution is 0.147. The Labute approximate surface area is 133 Å². The number of carbonyl (C=O) groups excluding carboxylic acids is 1. The molecule has 2 N–H and O–H groups in total. The lowest BCUT2D eigenvalue weighted by Crippen LogP contribution is -2.39. The van der Waals surface area contributed by atoms with Gasteiger partial charge in [-0.3, -0.25) is 0 Å². The van der Waals surface area contributed by atoms with Gasteiger partial charge in [0.1, 0.15) is 0 Å². The number of urea groups is 1. The van der Waals surface area contributed by atoms with Gasteiger partial charge < -0.3 is 15.3 Å². The molecule has 2 amide bonds. The second-order valence-electron chi connectivity index (χ2n) is 7.02. The maximum atomic E-state index is 12.3. The summed E-state index contributed by atoms with van der Waals surface area (Å²) >= 11 is 0. The second-order valence-corrected chi connectivity index (χ2v) is 7.02. The van der Waals surface area contributed by atoms with Gasteiger partial charge in [0.15, 0.2) is 0 Å². The molecule has 1 aliphatic carbocycles. The monoisotopic (exact) mass is 304 g/mol. The van der Waals surface area contributed by atoms with Crippen molar-refractivity contribution in [3.05, 3.63) is 35.4 Å². The Balaban J connectivity index is 1.81. The Morgan fingerprint density at radius 3 is 2.86 bits per heavy atom. The standard InChI is InChI=1S/C18H28N2O2/c1-18(2,13-21)11-6-12-19-17(22)20(3)16-10-9-14-7-4-5-8-15(14)16/h4-5,7-8,16,21H,6,9-13H2,1-3H3,(H,19,22). The number of benzene rings is 1. The van der Waals surface area contributed by atoms with Crippen LogP contribution in [0.3, 0.4) is 0 Å². The Bertz CT molecular complexity index is 514. The van der Waals surface area contributed by atoms with Crippen molar-refractivity contribution in [3.63, 3.8) is 0 Å². The van der Waals surface area contributed by atoms with Gasteiger partial charge >= 0.3 is 6.03 Å². The average molecular weight is 304 g/mol. The lowest BCUT2D eigenvalue weighted by Gasteiger charge is -2.26. The number of hydrogen-bond donors (Lipinski definition) is 2. The van der Waals surface area contributed by atoms with Gasteiger partial charge in [0.2, 0.25) is 0 Å². The summed E-state index contributed by atoms with van der Waals surface area (Å²) in [7, 11) is 1.87. The smallest absolute Gasteiger partial charge is 0.317 e. The number of aliphatic hydroxyl groups is 1. The van der Waals surface area contributed by atoms with E-state index < -0.39 is 0 Å². The van der Waals surface area contributed by atoms with Crippen molar-refractivity contribution in [1.29, 1.82) is 0 Å². The summed E-state index contributed by atoms with van der Waals surface area (Å²) in [4.78, 5) is 14.1. The molecule has 0 heterocycles. The van der Waals surface area contributed by atoms with E-state index in [-0.39, 0.29) is 24.1 Å². The van der Waals surface area contributed by atoms with E-state index in [1.54, 1.807) is 0 Å². The van der Waals surface area contributed by atoms with Gasteiger partial charge in [0, 0.05) is 20.2 Å². The number of nitrogens with zero attached hydrogens (tertiary/aromatic N) is 1. The van der Waals surface area contributed by atoms with Crippen molar-refractivity contribution < 1.29 is 9.90 Å². The summed E-state index contributed by atoms with van der Waals surface area (Å²) < 4.78 is 0. The van der Waals surface area contributed by atoms with Gasteiger partial charge in [-0.05, 0) is 42.2 Å². The van der Waals surface area contributed by atoms with Crippen LogP contribution in [-0.2, 0) is 6.42 Å². The number of hydrogen-bond acceptors (Lipinski definition) is 2. The van der Waals surface area contributed by atoms with Crippen molar-refractivity contribution in [2.75, 3.05) is 20.2 Å². The van der Waals surface area contributed by atoms with Gasteiger partial charge in [0.05, 0.1) is 6.04 Å². The molecule has 4 nitrogen and oxygen atoms in total. The van der Waals surface area contributed by atoms with Crippen molar-refractivity contribution >= 4 is 6.03 Å². The predicted molar refractivity (Wildman–Crippen MR) is 88.8 cm³/mol. The Morgan fingerprint density at radius 1 is 1.41 bits per heavy atom. The predicted octanol–water partition coefficient (Wildman–Crippen LogP) is 3.11. The van der Waals surface area contributed by atoms with Crippen LogP contribution >= 0.6 is 0 Å². The molecule has 0 saturated heterocycles. The maximum Gasteiger partial charge on any atom is 0.317 e. The van der Waals surface area contributed by atoms with Crippen LogP contribution in [0.25, 0.3) is 0 Å². The number of fused-ring (bicyclic) bond motifs is 1. The van der Waals surface area contributed by atoms with E-state index in [2.05, 4.69) is 23.5 Å². The second kappa shape index (κ2) is 7.14. The Hall–Kier alpha value is -1.55. The van der Waals surface area contributed by atoms with Gasteiger partial charge in [-0.25, -0.2) is 4.79 Å². The number of aryl methyl sites for hydroxylation is 1. The third-order valence-corrected chi connectivity index (χ3v) is 4.62. The fraction of sp³-hybridized carbons (Fsp3) is 0.611. The highest BCUT2D eigenvalue weighted by Gasteiger charge is 2.28. The first-order chi connectivity index (χ1) is 10.4. The Kier molecular flexibility index (Phi) is 5.46. The molecular weight excluding hydrogens is 276 g/mol. The quantitative estimate of drug-likeness (QED) is 0.793. The molecule has 22 heavy (non-hydrogen) atoms. The molecule has 1 aromatic carbocycles. The van der Waals surface area contributed by atoms with Crippen molar-refractivity contribution in [1.82, 2.24) is 10.2 Å². The van der Waals surface area contributed by atoms with Crippen LogP contribution in [0.5, 0.6) is 0 Å². The minimum absolute atomic E-state index is 0.0106. The largest absolute Gasteiger partial charge is 0.396 e. The molecule has 0 radical (unpaired) electrons. The highest BCUT2D eigenvalue weighted by molar-refractivity contribution is 5.74. The van der Waals surface area contributed by atoms with E-state index in [1.165, 1.54) is 11.1 Å². The van der Waals surface area contributed by atoms with E-state index in [9.17, 15) is 9.90 Å². The first kappa shape index (κ1) is 16.8. The Morgan fingerprint density at radius 2 is 2.14 bits per heavy atom. The minimum atomic E-state index is -0.0684. The molecule has 0 bridgehead atoms.